The summed E-state index contributed by atoms with van der Waals surface area (Å²) in [5.74, 6) is 0.123. The van der Waals surface area contributed by atoms with Gasteiger partial charge >= 0.3 is 0 Å². The third-order valence-corrected chi connectivity index (χ3v) is 7.60. The van der Waals surface area contributed by atoms with Crippen molar-refractivity contribution < 1.29 is 14.6 Å². The van der Waals surface area contributed by atoms with Gasteiger partial charge in [-0.25, -0.2) is 0 Å². The number of nitrogens with one attached hydrogen (secondary N) is 1. The van der Waals surface area contributed by atoms with Gasteiger partial charge in [0, 0.05) is 35.8 Å². The summed E-state index contributed by atoms with van der Waals surface area (Å²) in [5.41, 5.74) is 2.34. The molecule has 0 aliphatic carbocycles. The molecule has 7 heteroatoms. The number of hydrogen-bond acceptors (Lipinski definition) is 5. The van der Waals surface area contributed by atoms with E-state index < -0.39 is 6.10 Å². The number of fused-ring (bicyclic) bond motifs is 2. The van der Waals surface area contributed by atoms with Gasteiger partial charge in [0.1, 0.15) is 0 Å². The molecule has 2 fully saturated rings. The maximum atomic E-state index is 12.8. The number of ether oxygens (including phenoxy) is 1. The molecule has 2 atom stereocenters. The van der Waals surface area contributed by atoms with Crippen LogP contribution in [0.3, 0.4) is 0 Å². The van der Waals surface area contributed by atoms with Crippen LogP contribution in [0.15, 0.2) is 36.4 Å². The molecule has 1 amide bonds. The average Bonchev–Trinajstić information content (AvgIpc) is 3.36. The Morgan fingerprint density at radius 1 is 1.24 bits per heavy atom. The van der Waals surface area contributed by atoms with Crippen LogP contribution < -0.4 is 5.32 Å². The highest BCUT2D eigenvalue weighted by molar-refractivity contribution is 7.15. The van der Waals surface area contributed by atoms with Gasteiger partial charge in [-0.15, -0.1) is 23.7 Å². The first-order valence-corrected chi connectivity index (χ1v) is 11.0. The van der Waals surface area contributed by atoms with Gasteiger partial charge in [-0.3, -0.25) is 4.79 Å². The molecule has 156 valence electrons. The second-order valence-electron chi connectivity index (χ2n) is 8.08. The minimum atomic E-state index is -0.406. The molecule has 4 heterocycles. The Hall–Kier alpha value is -1.44. The Balaban J connectivity index is 0.00000205. The number of benzene rings is 1. The zero-order valence-corrected chi connectivity index (χ0v) is 17.9. The molecule has 29 heavy (non-hydrogen) atoms. The molecule has 0 saturated carbocycles. The molecular weight excluding hydrogens is 408 g/mol. The number of carbonyl (C=O) groups excluding carboxylic acids is 1. The van der Waals surface area contributed by atoms with Crippen molar-refractivity contribution in [3.8, 4) is 10.4 Å². The molecule has 5 rings (SSSR count). The topological polar surface area (TPSA) is 61.8 Å². The second kappa shape index (κ2) is 8.36. The molecule has 2 aromatic rings. The Labute approximate surface area is 181 Å². The molecular formula is C22H27ClN2O3S. The van der Waals surface area contributed by atoms with Crippen molar-refractivity contribution in [3.63, 3.8) is 0 Å². The van der Waals surface area contributed by atoms with Crippen LogP contribution in [0.5, 0.6) is 0 Å². The van der Waals surface area contributed by atoms with Crippen molar-refractivity contribution in [2.45, 2.75) is 43.4 Å². The molecule has 1 spiro atoms. The van der Waals surface area contributed by atoms with Gasteiger partial charge < -0.3 is 20.1 Å². The first-order chi connectivity index (χ1) is 13.6. The van der Waals surface area contributed by atoms with Crippen LogP contribution in [-0.2, 0) is 21.6 Å². The molecule has 2 N–H and O–H groups in total. The number of β-amino-alcohol motifs (C(OH)–C–C–N with tert-alkyl or cyclic N) is 1. The predicted octanol–water partition coefficient (Wildman–Crippen LogP) is 2.95. The van der Waals surface area contributed by atoms with E-state index in [9.17, 15) is 9.90 Å². The standard InChI is InChI=1S/C22H26N2O3S.ClH/c25-16-12-18(23-14-16)21(26)24-9-7-22(8-10-24)17-13-20(15-4-2-1-3-5-15)28-19(17)6-11-27-22;/h1-5,13,16,18,23,25H,6-12,14H2;1H/t16-,18+;/m1./s1. The quantitative estimate of drug-likeness (QED) is 0.762. The summed E-state index contributed by atoms with van der Waals surface area (Å²) in [6.07, 6.45) is 2.77. The van der Waals surface area contributed by atoms with E-state index in [0.717, 1.165) is 25.9 Å². The number of aliphatic hydroxyl groups excluding tert-OH is 1. The average molecular weight is 435 g/mol. The summed E-state index contributed by atoms with van der Waals surface area (Å²) in [4.78, 5) is 17.5. The van der Waals surface area contributed by atoms with Crippen LogP contribution in [0.1, 0.15) is 29.7 Å². The maximum Gasteiger partial charge on any atom is 0.239 e. The first-order valence-electron chi connectivity index (χ1n) is 10.2. The van der Waals surface area contributed by atoms with Crippen LogP contribution >= 0.6 is 23.7 Å². The van der Waals surface area contributed by atoms with E-state index in [1.807, 2.05) is 22.3 Å². The van der Waals surface area contributed by atoms with Gasteiger partial charge in [-0.2, -0.15) is 0 Å². The largest absolute Gasteiger partial charge is 0.392 e. The third kappa shape index (κ3) is 3.84. The van der Waals surface area contributed by atoms with Gasteiger partial charge in [-0.05, 0) is 36.5 Å². The fourth-order valence-corrected chi connectivity index (χ4v) is 6.03. The molecule has 2 saturated heterocycles. The summed E-state index contributed by atoms with van der Waals surface area (Å²) in [5, 5.41) is 12.8. The van der Waals surface area contributed by atoms with Crippen LogP contribution in [-0.4, -0.2) is 54.3 Å². The number of amides is 1. The molecule has 0 bridgehead atoms. The number of hydrogen-bond donors (Lipinski definition) is 2. The zero-order valence-electron chi connectivity index (χ0n) is 16.3. The SMILES string of the molecule is Cl.O=C([C@@H]1C[C@@H](O)CN1)N1CCC2(CC1)OCCc1sc(-c3ccccc3)cc12. The number of carbonyl (C=O) groups is 1. The van der Waals surface area contributed by atoms with Crippen molar-refractivity contribution in [3.05, 3.63) is 46.8 Å². The maximum absolute atomic E-state index is 12.8. The number of thiophene rings is 1. The van der Waals surface area contributed by atoms with Crippen molar-refractivity contribution in [2.75, 3.05) is 26.2 Å². The van der Waals surface area contributed by atoms with Crippen LogP contribution in [0.2, 0.25) is 0 Å². The molecule has 0 unspecified atom stereocenters. The van der Waals surface area contributed by atoms with E-state index in [1.54, 1.807) is 0 Å². The van der Waals surface area contributed by atoms with Crippen LogP contribution in [0.4, 0.5) is 0 Å². The van der Waals surface area contributed by atoms with E-state index in [-0.39, 0.29) is 30.0 Å². The van der Waals surface area contributed by atoms with Gasteiger partial charge in [-0.1, -0.05) is 30.3 Å². The lowest BCUT2D eigenvalue weighted by Crippen LogP contribution is -2.51. The van der Waals surface area contributed by atoms with Crippen molar-refractivity contribution >= 4 is 29.7 Å². The first kappa shape index (κ1) is 20.8. The van der Waals surface area contributed by atoms with Crippen LogP contribution in [0.25, 0.3) is 10.4 Å². The summed E-state index contributed by atoms with van der Waals surface area (Å²) in [6.45, 7) is 2.69. The number of piperidine rings is 1. The normalized spacial score (nSPS) is 25.5. The number of likely N-dealkylation sites (tertiary alicyclic amines) is 1. The molecule has 0 radical (unpaired) electrons. The van der Waals surface area contributed by atoms with E-state index in [0.29, 0.717) is 26.1 Å². The lowest BCUT2D eigenvalue weighted by Gasteiger charge is -2.44. The van der Waals surface area contributed by atoms with Gasteiger partial charge in [0.2, 0.25) is 5.91 Å². The summed E-state index contributed by atoms with van der Waals surface area (Å²) in [7, 11) is 0. The molecule has 1 aromatic carbocycles. The van der Waals surface area contributed by atoms with E-state index in [4.69, 9.17) is 4.74 Å². The highest BCUT2D eigenvalue weighted by atomic mass is 35.5. The molecule has 5 nitrogen and oxygen atoms in total. The Morgan fingerprint density at radius 3 is 2.69 bits per heavy atom. The van der Waals surface area contributed by atoms with E-state index in [1.165, 1.54) is 20.9 Å². The lowest BCUT2D eigenvalue weighted by atomic mass is 9.82. The number of nitrogens with zero attached hydrogens (tertiary/aromatic N) is 1. The third-order valence-electron chi connectivity index (χ3n) is 6.35. The Bertz CT molecular complexity index is 864. The molecule has 3 aliphatic rings. The number of rotatable bonds is 2. The lowest BCUT2D eigenvalue weighted by molar-refractivity contribution is -0.142. The zero-order chi connectivity index (χ0) is 19.1. The van der Waals surface area contributed by atoms with Crippen molar-refractivity contribution in [2.24, 2.45) is 0 Å². The minimum absolute atomic E-state index is 0. The number of halogens is 1. The predicted molar refractivity (Wildman–Crippen MR) is 117 cm³/mol. The molecule has 1 aromatic heterocycles. The molecule has 3 aliphatic heterocycles. The van der Waals surface area contributed by atoms with Crippen molar-refractivity contribution in [1.82, 2.24) is 10.2 Å². The highest BCUT2D eigenvalue weighted by Crippen LogP contribution is 2.46. The smallest absolute Gasteiger partial charge is 0.239 e. The summed E-state index contributed by atoms with van der Waals surface area (Å²) in [6, 6.07) is 12.6. The van der Waals surface area contributed by atoms with E-state index >= 15 is 0 Å². The van der Waals surface area contributed by atoms with Crippen molar-refractivity contribution in [1.29, 1.82) is 0 Å². The van der Waals surface area contributed by atoms with Crippen LogP contribution in [0, 0.1) is 0 Å². The summed E-state index contributed by atoms with van der Waals surface area (Å²) < 4.78 is 6.37. The second-order valence-corrected chi connectivity index (χ2v) is 9.22. The van der Waals surface area contributed by atoms with Gasteiger partial charge in [0.15, 0.2) is 0 Å². The fraction of sp³-hybridized carbons (Fsp3) is 0.500. The van der Waals surface area contributed by atoms with Gasteiger partial charge in [0.25, 0.3) is 0 Å². The minimum Gasteiger partial charge on any atom is -0.392 e. The number of aliphatic hydroxyl groups is 1. The Morgan fingerprint density at radius 2 is 2.00 bits per heavy atom. The monoisotopic (exact) mass is 434 g/mol. The Kier molecular flexibility index (Phi) is 6.00. The highest BCUT2D eigenvalue weighted by Gasteiger charge is 2.44. The fourth-order valence-electron chi connectivity index (χ4n) is 4.79. The van der Waals surface area contributed by atoms with E-state index in [2.05, 4.69) is 35.6 Å². The summed E-state index contributed by atoms with van der Waals surface area (Å²) >= 11 is 1.89. The van der Waals surface area contributed by atoms with Gasteiger partial charge in [0.05, 0.1) is 24.4 Å².